The summed E-state index contributed by atoms with van der Waals surface area (Å²) < 4.78 is 0. The highest BCUT2D eigenvalue weighted by atomic mass is 15.7. The summed E-state index contributed by atoms with van der Waals surface area (Å²) in [5.41, 5.74) is 8.34. The molecule has 24 heavy (non-hydrogen) atoms. The summed E-state index contributed by atoms with van der Waals surface area (Å²) in [4.78, 5) is 7.38. The Morgan fingerprint density at radius 1 is 0.833 bits per heavy atom. The second-order valence-electron chi connectivity index (χ2n) is 7.50. The zero-order valence-electron chi connectivity index (χ0n) is 16.0. The van der Waals surface area contributed by atoms with Crippen LogP contribution in [-0.2, 0) is 0 Å². The molecule has 0 saturated carbocycles. The predicted octanol–water partition coefficient (Wildman–Crippen LogP) is 0.846. The van der Waals surface area contributed by atoms with Crippen LogP contribution in [0.15, 0.2) is 0 Å². The van der Waals surface area contributed by atoms with E-state index >= 15 is 0 Å². The molecular weight excluding hydrogens is 300 g/mol. The van der Waals surface area contributed by atoms with Crippen LogP contribution < -0.4 is 10.9 Å². The van der Waals surface area contributed by atoms with E-state index in [9.17, 15) is 0 Å². The number of likely N-dealkylation sites (tertiary alicyclic amines) is 2. The Bertz CT molecular complexity index is 300. The molecule has 0 unspecified atom stereocenters. The average molecular weight is 340 g/mol. The Morgan fingerprint density at radius 3 is 2.08 bits per heavy atom. The Morgan fingerprint density at radius 2 is 1.46 bits per heavy atom. The van der Waals surface area contributed by atoms with Gasteiger partial charge in [-0.05, 0) is 91.9 Å². The zero-order chi connectivity index (χ0) is 17.0. The molecular formula is C18H39N6. The summed E-state index contributed by atoms with van der Waals surface area (Å²) in [6, 6.07) is 0. The molecule has 1 radical (unpaired) electrons. The monoisotopic (exact) mass is 339 g/mol. The summed E-state index contributed by atoms with van der Waals surface area (Å²) >= 11 is 0. The number of hydrogen-bond acceptors (Lipinski definition) is 5. The molecule has 6 heteroatoms. The van der Waals surface area contributed by atoms with Gasteiger partial charge in [0, 0.05) is 26.2 Å². The lowest BCUT2D eigenvalue weighted by Gasteiger charge is -2.25. The molecule has 2 heterocycles. The minimum absolute atomic E-state index is 0.914. The second kappa shape index (κ2) is 12.2. The van der Waals surface area contributed by atoms with Crippen molar-refractivity contribution >= 4 is 0 Å². The van der Waals surface area contributed by atoms with Crippen LogP contribution in [-0.4, -0.2) is 99.4 Å². The van der Waals surface area contributed by atoms with Crippen molar-refractivity contribution in [1.82, 2.24) is 30.7 Å². The molecule has 0 bridgehead atoms. The molecule has 0 amide bonds. The maximum Gasteiger partial charge on any atom is 0.0432 e. The van der Waals surface area contributed by atoms with E-state index in [0.29, 0.717) is 0 Å². The minimum Gasteiger partial charge on any atom is -0.309 e. The minimum atomic E-state index is 0.914. The maximum absolute atomic E-state index is 4.78. The van der Waals surface area contributed by atoms with Gasteiger partial charge in [0.15, 0.2) is 0 Å². The average Bonchev–Trinajstić information content (AvgIpc) is 3.25. The Balaban J connectivity index is 1.58. The first-order valence-corrected chi connectivity index (χ1v) is 10.0. The smallest absolute Gasteiger partial charge is 0.0432 e. The highest BCUT2D eigenvalue weighted by Gasteiger charge is 2.14. The van der Waals surface area contributed by atoms with Crippen LogP contribution in [0, 0.1) is 0 Å². The van der Waals surface area contributed by atoms with Gasteiger partial charge in [0.05, 0.1) is 0 Å². The first-order chi connectivity index (χ1) is 11.7. The van der Waals surface area contributed by atoms with Gasteiger partial charge in [0.1, 0.15) is 0 Å². The van der Waals surface area contributed by atoms with E-state index in [-0.39, 0.29) is 0 Å². The van der Waals surface area contributed by atoms with Crippen LogP contribution in [0.1, 0.15) is 38.5 Å². The molecule has 0 spiro atoms. The number of hydrogen-bond donors (Lipinski definition) is 1. The quantitative estimate of drug-likeness (QED) is 0.398. The Kier molecular flexibility index (Phi) is 10.2. The summed E-state index contributed by atoms with van der Waals surface area (Å²) in [5.74, 6) is 0. The molecule has 141 valence electrons. The first kappa shape index (κ1) is 20.1. The molecule has 2 aliphatic rings. The molecule has 0 atom stereocenters. The van der Waals surface area contributed by atoms with Gasteiger partial charge in [-0.2, -0.15) is 5.12 Å². The van der Waals surface area contributed by atoms with Crippen molar-refractivity contribution in [2.24, 2.45) is 0 Å². The number of rotatable bonds is 13. The molecule has 2 aliphatic heterocycles. The standard InChI is InChI=1S/C18H39N6/c1-21(2)11-7-9-19-24(18-17-23-14-5-6-15-23)20-10-8-16-22-12-3-4-13-22/h20H,3-18H2,1-2H3. The number of nitrogens with zero attached hydrogens (tertiary/aromatic N) is 5. The molecule has 2 rings (SSSR count). The van der Waals surface area contributed by atoms with E-state index in [1.54, 1.807) is 0 Å². The fourth-order valence-electron chi connectivity index (χ4n) is 3.54. The molecule has 1 N–H and O–H groups in total. The van der Waals surface area contributed by atoms with Crippen LogP contribution in [0.4, 0.5) is 0 Å². The van der Waals surface area contributed by atoms with Gasteiger partial charge in [-0.3, -0.25) is 0 Å². The summed E-state index contributed by atoms with van der Waals surface area (Å²) in [5, 5.41) is 2.12. The highest BCUT2D eigenvalue weighted by molar-refractivity contribution is 4.68. The lowest BCUT2D eigenvalue weighted by atomic mass is 10.4. The molecule has 0 aromatic carbocycles. The van der Waals surface area contributed by atoms with Gasteiger partial charge in [0.25, 0.3) is 0 Å². The third-order valence-corrected chi connectivity index (χ3v) is 5.00. The molecule has 2 fully saturated rings. The molecule has 0 aromatic heterocycles. The largest absolute Gasteiger partial charge is 0.309 e. The summed E-state index contributed by atoms with van der Waals surface area (Å²) in [6.45, 7) is 11.6. The summed E-state index contributed by atoms with van der Waals surface area (Å²) in [6.07, 6.45) is 7.84. The fraction of sp³-hybridized carbons (Fsp3) is 1.00. The van der Waals surface area contributed by atoms with Gasteiger partial charge in [-0.15, -0.1) is 5.43 Å². The lowest BCUT2D eigenvalue weighted by Crippen LogP contribution is -2.48. The second-order valence-corrected chi connectivity index (χ2v) is 7.50. The third-order valence-electron chi connectivity index (χ3n) is 5.00. The van der Waals surface area contributed by atoms with Gasteiger partial charge < -0.3 is 14.7 Å². The van der Waals surface area contributed by atoms with Gasteiger partial charge in [-0.1, -0.05) is 0 Å². The van der Waals surface area contributed by atoms with Crippen molar-refractivity contribution in [2.45, 2.75) is 38.5 Å². The fourth-order valence-corrected chi connectivity index (χ4v) is 3.54. The first-order valence-electron chi connectivity index (χ1n) is 10.0. The van der Waals surface area contributed by atoms with Crippen LogP contribution >= 0.6 is 0 Å². The van der Waals surface area contributed by atoms with E-state index in [4.69, 9.17) is 5.43 Å². The SMILES string of the molecule is CN(C)CCC[N]N(CCN1CCCC1)NCCCN1CCCC1. The summed E-state index contributed by atoms with van der Waals surface area (Å²) in [7, 11) is 4.25. The molecule has 2 saturated heterocycles. The van der Waals surface area contributed by atoms with Gasteiger partial charge in [-0.25, -0.2) is 5.43 Å². The third kappa shape index (κ3) is 8.74. The van der Waals surface area contributed by atoms with Crippen molar-refractivity contribution in [3.8, 4) is 0 Å². The molecule has 0 aromatic rings. The van der Waals surface area contributed by atoms with Crippen LogP contribution in [0.2, 0.25) is 0 Å². The van der Waals surface area contributed by atoms with E-state index in [1.807, 2.05) is 0 Å². The maximum atomic E-state index is 4.78. The van der Waals surface area contributed by atoms with E-state index in [1.165, 1.54) is 64.8 Å². The van der Waals surface area contributed by atoms with E-state index in [0.717, 1.165) is 39.1 Å². The van der Waals surface area contributed by atoms with E-state index < -0.39 is 0 Å². The topological polar surface area (TPSA) is 39.1 Å². The van der Waals surface area contributed by atoms with Gasteiger partial charge in [0.2, 0.25) is 0 Å². The molecule has 6 nitrogen and oxygen atoms in total. The van der Waals surface area contributed by atoms with Gasteiger partial charge >= 0.3 is 0 Å². The normalized spacial score (nSPS) is 20.0. The Labute approximate surface area is 149 Å². The van der Waals surface area contributed by atoms with Crippen molar-refractivity contribution in [1.29, 1.82) is 0 Å². The van der Waals surface area contributed by atoms with Crippen molar-refractivity contribution < 1.29 is 0 Å². The van der Waals surface area contributed by atoms with Crippen LogP contribution in [0.25, 0.3) is 0 Å². The van der Waals surface area contributed by atoms with E-state index in [2.05, 4.69) is 39.3 Å². The van der Waals surface area contributed by atoms with Crippen LogP contribution in [0.5, 0.6) is 0 Å². The Hall–Kier alpha value is -0.240. The van der Waals surface area contributed by atoms with Crippen molar-refractivity contribution in [3.05, 3.63) is 0 Å². The number of hydrazine groups is 1. The van der Waals surface area contributed by atoms with Crippen molar-refractivity contribution in [2.75, 3.05) is 79.5 Å². The van der Waals surface area contributed by atoms with Crippen LogP contribution in [0.3, 0.4) is 0 Å². The zero-order valence-corrected chi connectivity index (χ0v) is 16.0. The number of nitrogens with one attached hydrogen (secondary N) is 1. The highest BCUT2D eigenvalue weighted by Crippen LogP contribution is 2.07. The lowest BCUT2D eigenvalue weighted by molar-refractivity contribution is 0.0891. The van der Waals surface area contributed by atoms with Crippen molar-refractivity contribution in [3.63, 3.8) is 0 Å². The predicted molar refractivity (Wildman–Crippen MR) is 101 cm³/mol. The molecule has 0 aliphatic carbocycles.